The molecule has 13 heavy (non-hydrogen) atoms. The Balaban J connectivity index is 1.76. The molecule has 0 N–H and O–H groups in total. The number of rotatable bonds is 2. The van der Waals surface area contributed by atoms with Gasteiger partial charge < -0.3 is 4.90 Å². The van der Waals surface area contributed by atoms with Crippen molar-refractivity contribution < 1.29 is 0 Å². The van der Waals surface area contributed by atoms with Gasteiger partial charge in [-0.05, 0) is 35.7 Å². The number of nitrogens with zero attached hydrogens (tertiary/aromatic N) is 1. The highest BCUT2D eigenvalue weighted by atomic mass is 32.2. The minimum absolute atomic E-state index is 0.925. The Labute approximate surface area is 86.3 Å². The number of likely N-dealkylation sites (tertiary alicyclic amines) is 1. The summed E-state index contributed by atoms with van der Waals surface area (Å²) >= 11 is 2.14. The van der Waals surface area contributed by atoms with Crippen LogP contribution in [0.15, 0.2) is 0 Å². The van der Waals surface area contributed by atoms with Crippen molar-refractivity contribution in [1.29, 1.82) is 0 Å². The summed E-state index contributed by atoms with van der Waals surface area (Å²) in [6.07, 6.45) is 1.46. The van der Waals surface area contributed by atoms with E-state index < -0.39 is 0 Å². The Morgan fingerprint density at radius 2 is 1.92 bits per heavy atom. The van der Waals surface area contributed by atoms with Crippen LogP contribution in [0.1, 0.15) is 20.3 Å². The lowest BCUT2D eigenvalue weighted by Crippen LogP contribution is -2.27. The summed E-state index contributed by atoms with van der Waals surface area (Å²) in [5.74, 6) is 5.67. The smallest absolute Gasteiger partial charge is 0.00181 e. The van der Waals surface area contributed by atoms with Gasteiger partial charge in [0, 0.05) is 19.6 Å². The van der Waals surface area contributed by atoms with Gasteiger partial charge in [0.1, 0.15) is 0 Å². The van der Waals surface area contributed by atoms with Crippen molar-refractivity contribution in [2.75, 3.05) is 31.1 Å². The topological polar surface area (TPSA) is 3.24 Å². The minimum Gasteiger partial charge on any atom is -0.302 e. The second-order valence-electron chi connectivity index (χ2n) is 4.90. The third-order valence-corrected chi connectivity index (χ3v) is 4.84. The van der Waals surface area contributed by atoms with Crippen LogP contribution >= 0.6 is 11.8 Å². The number of hydrogen-bond acceptors (Lipinski definition) is 2. The van der Waals surface area contributed by atoms with Gasteiger partial charge in [0.25, 0.3) is 0 Å². The Bertz CT molecular complexity index is 155. The van der Waals surface area contributed by atoms with E-state index in [1.165, 1.54) is 37.6 Å². The molecule has 0 spiro atoms. The van der Waals surface area contributed by atoms with E-state index in [4.69, 9.17) is 0 Å². The molecular formula is C11H21NS. The lowest BCUT2D eigenvalue weighted by atomic mass is 10.0. The molecule has 2 rings (SSSR count). The maximum Gasteiger partial charge on any atom is 0.00181 e. The molecular weight excluding hydrogens is 178 g/mol. The molecule has 0 aromatic rings. The molecule has 2 fully saturated rings. The van der Waals surface area contributed by atoms with Crippen molar-refractivity contribution in [3.05, 3.63) is 0 Å². The summed E-state index contributed by atoms with van der Waals surface area (Å²) < 4.78 is 0. The molecule has 0 aromatic heterocycles. The van der Waals surface area contributed by atoms with Crippen LogP contribution in [0.5, 0.6) is 0 Å². The van der Waals surface area contributed by atoms with Crippen LogP contribution in [-0.2, 0) is 0 Å². The van der Waals surface area contributed by atoms with Gasteiger partial charge in [-0.15, -0.1) is 0 Å². The Kier molecular flexibility index (Phi) is 3.20. The first kappa shape index (κ1) is 9.85. The van der Waals surface area contributed by atoms with Crippen LogP contribution in [0.2, 0.25) is 0 Å². The molecule has 2 heterocycles. The summed E-state index contributed by atoms with van der Waals surface area (Å²) in [5, 5.41) is 0. The van der Waals surface area contributed by atoms with Crippen molar-refractivity contribution in [1.82, 2.24) is 4.90 Å². The first-order valence-electron chi connectivity index (χ1n) is 5.56. The quantitative estimate of drug-likeness (QED) is 0.671. The fraction of sp³-hybridized carbons (Fsp3) is 1.00. The Morgan fingerprint density at radius 1 is 1.23 bits per heavy atom. The van der Waals surface area contributed by atoms with Crippen molar-refractivity contribution in [3.8, 4) is 0 Å². The summed E-state index contributed by atoms with van der Waals surface area (Å²) in [7, 11) is 0. The second kappa shape index (κ2) is 4.22. The molecule has 0 bridgehead atoms. The second-order valence-corrected chi connectivity index (χ2v) is 6.05. The Morgan fingerprint density at radius 3 is 2.46 bits per heavy atom. The standard InChI is InChI=1S/C11H21NS/c1-9-5-12(6-10(9)2)7-11-3-4-13-8-11/h9-11H,3-8H2,1-2H3. The highest BCUT2D eigenvalue weighted by Gasteiger charge is 2.28. The highest BCUT2D eigenvalue weighted by molar-refractivity contribution is 7.99. The zero-order valence-electron chi connectivity index (χ0n) is 8.83. The van der Waals surface area contributed by atoms with Crippen LogP contribution in [-0.4, -0.2) is 36.0 Å². The SMILES string of the molecule is CC1CN(CC2CCSC2)CC1C. The van der Waals surface area contributed by atoms with Gasteiger partial charge in [-0.1, -0.05) is 13.8 Å². The monoisotopic (exact) mass is 199 g/mol. The fourth-order valence-electron chi connectivity index (χ4n) is 2.49. The molecule has 0 saturated carbocycles. The van der Waals surface area contributed by atoms with Crippen LogP contribution in [0, 0.1) is 17.8 Å². The average molecular weight is 199 g/mol. The number of thioether (sulfide) groups is 1. The van der Waals surface area contributed by atoms with E-state index in [0.717, 1.165) is 17.8 Å². The largest absolute Gasteiger partial charge is 0.302 e. The predicted octanol–water partition coefficient (Wildman–Crippen LogP) is 2.33. The normalized spacial score (nSPS) is 41.5. The maximum absolute atomic E-state index is 2.69. The van der Waals surface area contributed by atoms with Gasteiger partial charge in [0.05, 0.1) is 0 Å². The highest BCUT2D eigenvalue weighted by Crippen LogP contribution is 2.28. The first-order chi connectivity index (χ1) is 6.25. The third kappa shape index (κ3) is 2.41. The average Bonchev–Trinajstić information content (AvgIpc) is 2.64. The molecule has 0 aromatic carbocycles. The lowest BCUT2D eigenvalue weighted by Gasteiger charge is -2.19. The van der Waals surface area contributed by atoms with Gasteiger partial charge in [-0.3, -0.25) is 0 Å². The van der Waals surface area contributed by atoms with Gasteiger partial charge >= 0.3 is 0 Å². The molecule has 76 valence electrons. The van der Waals surface area contributed by atoms with E-state index in [-0.39, 0.29) is 0 Å². The van der Waals surface area contributed by atoms with Crippen molar-refractivity contribution in [2.45, 2.75) is 20.3 Å². The van der Waals surface area contributed by atoms with E-state index in [2.05, 4.69) is 30.5 Å². The van der Waals surface area contributed by atoms with Gasteiger partial charge in [0.15, 0.2) is 0 Å². The molecule has 2 saturated heterocycles. The molecule has 0 amide bonds. The third-order valence-electron chi connectivity index (χ3n) is 3.60. The van der Waals surface area contributed by atoms with Gasteiger partial charge in [0.2, 0.25) is 0 Å². The van der Waals surface area contributed by atoms with E-state index in [1.54, 1.807) is 0 Å². The summed E-state index contributed by atoms with van der Waals surface area (Å²) in [5.41, 5.74) is 0. The predicted molar refractivity (Wildman–Crippen MR) is 60.2 cm³/mol. The molecule has 2 heteroatoms. The van der Waals surface area contributed by atoms with E-state index >= 15 is 0 Å². The van der Waals surface area contributed by atoms with Gasteiger partial charge in [-0.2, -0.15) is 11.8 Å². The molecule has 2 aliphatic heterocycles. The molecule has 1 nitrogen and oxygen atoms in total. The van der Waals surface area contributed by atoms with Crippen molar-refractivity contribution in [2.24, 2.45) is 17.8 Å². The van der Waals surface area contributed by atoms with Crippen molar-refractivity contribution in [3.63, 3.8) is 0 Å². The summed E-state index contributed by atoms with van der Waals surface area (Å²) in [4.78, 5) is 2.69. The van der Waals surface area contributed by atoms with Crippen LogP contribution in [0.25, 0.3) is 0 Å². The van der Waals surface area contributed by atoms with E-state index in [9.17, 15) is 0 Å². The molecule has 0 aliphatic carbocycles. The Hall–Kier alpha value is 0.310. The maximum atomic E-state index is 2.69. The van der Waals surface area contributed by atoms with E-state index in [1.807, 2.05) is 0 Å². The molecule has 3 unspecified atom stereocenters. The lowest BCUT2D eigenvalue weighted by molar-refractivity contribution is 0.280. The van der Waals surface area contributed by atoms with Crippen LogP contribution < -0.4 is 0 Å². The van der Waals surface area contributed by atoms with E-state index in [0.29, 0.717) is 0 Å². The van der Waals surface area contributed by atoms with Crippen LogP contribution in [0.4, 0.5) is 0 Å². The fourth-order valence-corrected chi connectivity index (χ4v) is 3.76. The zero-order chi connectivity index (χ0) is 9.26. The molecule has 3 atom stereocenters. The van der Waals surface area contributed by atoms with Gasteiger partial charge in [-0.25, -0.2) is 0 Å². The summed E-state index contributed by atoms with van der Waals surface area (Å²) in [6, 6.07) is 0. The number of hydrogen-bond donors (Lipinski definition) is 0. The zero-order valence-corrected chi connectivity index (χ0v) is 9.65. The first-order valence-corrected chi connectivity index (χ1v) is 6.71. The molecule has 0 radical (unpaired) electrons. The minimum atomic E-state index is 0.925. The summed E-state index contributed by atoms with van der Waals surface area (Å²) in [6.45, 7) is 8.87. The molecule has 2 aliphatic rings. The van der Waals surface area contributed by atoms with Crippen LogP contribution in [0.3, 0.4) is 0 Å². The van der Waals surface area contributed by atoms with Crippen molar-refractivity contribution >= 4 is 11.8 Å².